The Bertz CT molecular complexity index is 1170. The normalized spacial score (nSPS) is 10.4. The van der Waals surface area contributed by atoms with Gasteiger partial charge in [-0.1, -0.05) is 18.2 Å². The lowest BCUT2D eigenvalue weighted by Gasteiger charge is -2.10. The minimum absolute atomic E-state index is 0.0494. The fourth-order valence-corrected chi connectivity index (χ4v) is 3.49. The molecular formula is C28H30N2O5. The van der Waals surface area contributed by atoms with Crippen LogP contribution >= 0.6 is 0 Å². The van der Waals surface area contributed by atoms with Gasteiger partial charge in [0.25, 0.3) is 5.91 Å². The molecule has 0 bridgehead atoms. The topological polar surface area (TPSA) is 93.7 Å². The molecule has 0 spiro atoms. The number of aryl methyl sites for hydroxylation is 3. The molecule has 2 amide bonds. The van der Waals surface area contributed by atoms with Crippen molar-refractivity contribution in [3.63, 3.8) is 0 Å². The SMILES string of the molecule is Cc1cccc(NC(=O)COC(=O)CCCC(=O)Nc2ccc(Oc3cc(C)cc(C)c3)cc2)c1. The maximum absolute atomic E-state index is 12.2. The third kappa shape index (κ3) is 8.97. The summed E-state index contributed by atoms with van der Waals surface area (Å²) in [6.45, 7) is 5.58. The van der Waals surface area contributed by atoms with Gasteiger partial charge >= 0.3 is 5.97 Å². The summed E-state index contributed by atoms with van der Waals surface area (Å²) in [7, 11) is 0. The molecule has 0 saturated carbocycles. The van der Waals surface area contributed by atoms with Gasteiger partial charge in [0, 0.05) is 24.2 Å². The molecular weight excluding hydrogens is 444 g/mol. The van der Waals surface area contributed by atoms with Gasteiger partial charge in [-0.15, -0.1) is 0 Å². The first-order valence-corrected chi connectivity index (χ1v) is 11.4. The number of hydrogen-bond donors (Lipinski definition) is 2. The van der Waals surface area contributed by atoms with E-state index < -0.39 is 11.9 Å². The van der Waals surface area contributed by atoms with Crippen molar-refractivity contribution in [3.8, 4) is 11.5 Å². The molecule has 182 valence electrons. The summed E-state index contributed by atoms with van der Waals surface area (Å²) in [5.41, 5.74) is 4.54. The van der Waals surface area contributed by atoms with E-state index in [1.807, 2.05) is 51.1 Å². The molecule has 2 N–H and O–H groups in total. The molecule has 0 aliphatic heterocycles. The largest absolute Gasteiger partial charge is 0.457 e. The summed E-state index contributed by atoms with van der Waals surface area (Å²) >= 11 is 0. The second-order valence-corrected chi connectivity index (χ2v) is 8.43. The van der Waals surface area contributed by atoms with Crippen LogP contribution in [0, 0.1) is 20.8 Å². The van der Waals surface area contributed by atoms with E-state index in [-0.39, 0.29) is 25.4 Å². The predicted octanol–water partition coefficient (Wildman–Crippen LogP) is 5.69. The van der Waals surface area contributed by atoms with Crippen molar-refractivity contribution >= 4 is 29.2 Å². The zero-order valence-electron chi connectivity index (χ0n) is 20.2. The number of carbonyl (C=O) groups excluding carboxylic acids is 3. The summed E-state index contributed by atoms with van der Waals surface area (Å²) in [6, 6.07) is 20.4. The molecule has 7 heteroatoms. The summed E-state index contributed by atoms with van der Waals surface area (Å²) in [5, 5.41) is 5.47. The van der Waals surface area contributed by atoms with Crippen molar-refractivity contribution in [3.05, 3.63) is 83.4 Å². The third-order valence-corrected chi connectivity index (χ3v) is 5.02. The second-order valence-electron chi connectivity index (χ2n) is 8.43. The predicted molar refractivity (Wildman–Crippen MR) is 136 cm³/mol. The minimum atomic E-state index is -0.523. The van der Waals surface area contributed by atoms with E-state index >= 15 is 0 Å². The van der Waals surface area contributed by atoms with Crippen LogP contribution in [0.3, 0.4) is 0 Å². The summed E-state index contributed by atoms with van der Waals surface area (Å²) < 4.78 is 10.9. The second kappa shape index (κ2) is 12.4. The van der Waals surface area contributed by atoms with E-state index in [1.54, 1.807) is 30.3 Å². The lowest BCUT2D eigenvalue weighted by atomic mass is 10.1. The lowest BCUT2D eigenvalue weighted by molar-refractivity contribution is -0.147. The Labute approximate surface area is 205 Å². The molecule has 0 heterocycles. The highest BCUT2D eigenvalue weighted by molar-refractivity contribution is 5.93. The van der Waals surface area contributed by atoms with Crippen LogP contribution in [0.15, 0.2) is 66.7 Å². The number of esters is 1. The van der Waals surface area contributed by atoms with Crippen LogP contribution in [0.25, 0.3) is 0 Å². The number of ether oxygens (including phenoxy) is 2. The maximum atomic E-state index is 12.2. The van der Waals surface area contributed by atoms with Gasteiger partial charge in [-0.05, 0) is 92.4 Å². The van der Waals surface area contributed by atoms with Crippen LogP contribution < -0.4 is 15.4 Å². The first-order valence-electron chi connectivity index (χ1n) is 11.4. The number of rotatable bonds is 10. The van der Waals surface area contributed by atoms with Crippen LogP contribution in [0.1, 0.15) is 36.0 Å². The molecule has 7 nitrogen and oxygen atoms in total. The number of carbonyl (C=O) groups is 3. The van der Waals surface area contributed by atoms with E-state index in [0.29, 0.717) is 23.5 Å². The molecule has 0 aliphatic carbocycles. The Morgan fingerprint density at radius 2 is 1.37 bits per heavy atom. The van der Waals surface area contributed by atoms with E-state index in [1.165, 1.54) is 0 Å². The smallest absolute Gasteiger partial charge is 0.306 e. The standard InChI is InChI=1S/C28H30N2O5/c1-19-6-4-7-23(15-19)30-27(32)18-34-28(33)9-5-8-26(31)29-22-10-12-24(13-11-22)35-25-16-20(2)14-21(3)17-25/h4,6-7,10-17H,5,8-9,18H2,1-3H3,(H,29,31)(H,30,32). The number of amides is 2. The van der Waals surface area contributed by atoms with Crippen molar-refractivity contribution in [1.29, 1.82) is 0 Å². The number of hydrogen-bond acceptors (Lipinski definition) is 5. The fraction of sp³-hybridized carbons (Fsp3) is 0.250. The average Bonchev–Trinajstić information content (AvgIpc) is 2.78. The highest BCUT2D eigenvalue weighted by atomic mass is 16.5. The van der Waals surface area contributed by atoms with Crippen LogP contribution in [0.5, 0.6) is 11.5 Å². The average molecular weight is 475 g/mol. The van der Waals surface area contributed by atoms with Crippen LogP contribution in [-0.4, -0.2) is 24.4 Å². The molecule has 3 aromatic carbocycles. The summed E-state index contributed by atoms with van der Waals surface area (Å²) in [5.74, 6) is 0.288. The van der Waals surface area contributed by atoms with E-state index in [0.717, 1.165) is 22.4 Å². The highest BCUT2D eigenvalue weighted by Crippen LogP contribution is 2.25. The molecule has 0 unspecified atom stereocenters. The van der Waals surface area contributed by atoms with E-state index in [4.69, 9.17) is 9.47 Å². The van der Waals surface area contributed by atoms with Crippen molar-refractivity contribution in [2.75, 3.05) is 17.2 Å². The van der Waals surface area contributed by atoms with Crippen molar-refractivity contribution in [2.45, 2.75) is 40.0 Å². The van der Waals surface area contributed by atoms with Gasteiger partial charge in [0.2, 0.25) is 5.91 Å². The molecule has 3 rings (SSSR count). The van der Waals surface area contributed by atoms with Crippen molar-refractivity contribution in [2.24, 2.45) is 0 Å². The van der Waals surface area contributed by atoms with Gasteiger partial charge in [0.1, 0.15) is 11.5 Å². The Morgan fingerprint density at radius 1 is 0.686 bits per heavy atom. The third-order valence-electron chi connectivity index (χ3n) is 5.02. The first-order chi connectivity index (χ1) is 16.8. The molecule has 0 fully saturated rings. The monoisotopic (exact) mass is 474 g/mol. The minimum Gasteiger partial charge on any atom is -0.457 e. The Kier molecular flexibility index (Phi) is 9.01. The molecule has 0 atom stereocenters. The molecule has 0 saturated heterocycles. The number of benzene rings is 3. The van der Waals surface area contributed by atoms with Crippen LogP contribution in [0.4, 0.5) is 11.4 Å². The number of nitrogens with one attached hydrogen (secondary N) is 2. The van der Waals surface area contributed by atoms with Gasteiger partial charge in [-0.25, -0.2) is 0 Å². The van der Waals surface area contributed by atoms with Gasteiger partial charge < -0.3 is 20.1 Å². The van der Waals surface area contributed by atoms with Gasteiger partial charge in [0.05, 0.1) is 0 Å². The zero-order valence-corrected chi connectivity index (χ0v) is 20.2. The quantitative estimate of drug-likeness (QED) is 0.368. The molecule has 0 aromatic heterocycles. The lowest BCUT2D eigenvalue weighted by Crippen LogP contribution is -2.21. The molecule has 0 radical (unpaired) electrons. The summed E-state index contributed by atoms with van der Waals surface area (Å²) in [4.78, 5) is 36.0. The Morgan fingerprint density at radius 3 is 2.06 bits per heavy atom. The number of anilines is 2. The van der Waals surface area contributed by atoms with Gasteiger partial charge in [-0.3, -0.25) is 14.4 Å². The van der Waals surface area contributed by atoms with Crippen LogP contribution in [-0.2, 0) is 19.1 Å². The maximum Gasteiger partial charge on any atom is 0.306 e. The first kappa shape index (κ1) is 25.5. The molecule has 0 aliphatic rings. The molecule has 35 heavy (non-hydrogen) atoms. The van der Waals surface area contributed by atoms with E-state index in [9.17, 15) is 14.4 Å². The van der Waals surface area contributed by atoms with E-state index in [2.05, 4.69) is 16.7 Å². The van der Waals surface area contributed by atoms with Gasteiger partial charge in [-0.2, -0.15) is 0 Å². The Balaban J connectivity index is 1.34. The van der Waals surface area contributed by atoms with Gasteiger partial charge in [0.15, 0.2) is 6.61 Å². The highest BCUT2D eigenvalue weighted by Gasteiger charge is 2.10. The molecule has 3 aromatic rings. The van der Waals surface area contributed by atoms with Crippen molar-refractivity contribution in [1.82, 2.24) is 0 Å². The van der Waals surface area contributed by atoms with Crippen LogP contribution in [0.2, 0.25) is 0 Å². The van der Waals surface area contributed by atoms with Crippen molar-refractivity contribution < 1.29 is 23.9 Å². The summed E-state index contributed by atoms with van der Waals surface area (Å²) in [6.07, 6.45) is 0.525. The fourth-order valence-electron chi connectivity index (χ4n) is 3.49. The Hall–Kier alpha value is -4.13. The zero-order chi connectivity index (χ0) is 25.2.